The summed E-state index contributed by atoms with van der Waals surface area (Å²) >= 11 is 0. The van der Waals surface area contributed by atoms with Crippen LogP contribution in [0.3, 0.4) is 0 Å². The fraction of sp³-hybridized carbons (Fsp3) is 0.100. The van der Waals surface area contributed by atoms with Crippen LogP contribution in [0.4, 0.5) is 0 Å². The van der Waals surface area contributed by atoms with Gasteiger partial charge in [-0.2, -0.15) is 0 Å². The molecule has 0 bridgehead atoms. The van der Waals surface area contributed by atoms with Gasteiger partial charge in [-0.15, -0.1) is 0 Å². The fourth-order valence-corrected chi connectivity index (χ4v) is 10.5. The summed E-state index contributed by atoms with van der Waals surface area (Å²) in [5.74, 6) is 0. The molecule has 0 saturated heterocycles. The van der Waals surface area contributed by atoms with Crippen molar-refractivity contribution in [2.75, 3.05) is 0 Å². The van der Waals surface area contributed by atoms with Crippen LogP contribution in [0.5, 0.6) is 0 Å². The van der Waals surface area contributed by atoms with Crippen molar-refractivity contribution in [2.24, 2.45) is 0 Å². The lowest BCUT2D eigenvalue weighted by Crippen LogP contribution is -2.23. The Morgan fingerprint density at radius 1 is 0.238 bits per heavy atom. The van der Waals surface area contributed by atoms with Crippen LogP contribution in [0.15, 0.2) is 212 Å². The summed E-state index contributed by atoms with van der Waals surface area (Å²) in [7, 11) is 0. The lowest BCUT2D eigenvalue weighted by molar-refractivity contribution is 0.616. The van der Waals surface area contributed by atoms with Gasteiger partial charge in [0, 0.05) is 60.2 Å². The molecule has 63 heavy (non-hydrogen) atoms. The first kappa shape index (κ1) is 37.2. The Balaban J connectivity index is 1.17. The number of hydrogen-bond donors (Lipinski definition) is 0. The third-order valence-electron chi connectivity index (χ3n) is 14.0. The van der Waals surface area contributed by atoms with Crippen LogP contribution in [-0.4, -0.2) is 13.7 Å². The monoisotopic (exact) mass is 809 g/mol. The molecular formula is C60H47N3. The van der Waals surface area contributed by atoms with Crippen molar-refractivity contribution >= 4 is 65.4 Å². The zero-order valence-electron chi connectivity index (χ0n) is 36.0. The summed E-state index contributed by atoms with van der Waals surface area (Å²) in [6.07, 6.45) is 0. The van der Waals surface area contributed by atoms with E-state index in [-0.39, 0.29) is 10.8 Å². The quantitative estimate of drug-likeness (QED) is 0.152. The zero-order chi connectivity index (χ0) is 42.5. The van der Waals surface area contributed by atoms with E-state index in [1.54, 1.807) is 0 Å². The SMILES string of the molecule is CC(C)(c1ccccc1)c1cc(-n2c3ccc(-n4c5ccccc5c5ccccc54)cc3c3cc(-n4c5ccccc5c5ccccc54)ccc32)cc(C(C)(C)c2ccccc2)c1. The molecule has 0 radical (unpaired) electrons. The molecule has 3 heteroatoms. The highest BCUT2D eigenvalue weighted by molar-refractivity contribution is 6.14. The molecule has 0 unspecified atom stereocenters. The Kier molecular flexibility index (Phi) is 8.23. The van der Waals surface area contributed by atoms with Gasteiger partial charge in [0.2, 0.25) is 0 Å². The van der Waals surface area contributed by atoms with Crippen molar-refractivity contribution in [1.29, 1.82) is 0 Å². The van der Waals surface area contributed by atoms with Crippen molar-refractivity contribution in [3.63, 3.8) is 0 Å². The molecule has 0 fully saturated rings. The lowest BCUT2D eigenvalue weighted by Gasteiger charge is -2.32. The van der Waals surface area contributed by atoms with Gasteiger partial charge in [0.15, 0.2) is 0 Å². The van der Waals surface area contributed by atoms with Gasteiger partial charge in [-0.1, -0.05) is 167 Å². The van der Waals surface area contributed by atoms with E-state index in [1.165, 1.54) is 87.7 Å². The third-order valence-corrected chi connectivity index (χ3v) is 14.0. The summed E-state index contributed by atoms with van der Waals surface area (Å²) < 4.78 is 7.40. The average molecular weight is 810 g/mol. The van der Waals surface area contributed by atoms with E-state index in [1.807, 2.05) is 0 Å². The Hall–Kier alpha value is -7.62. The predicted molar refractivity (Wildman–Crippen MR) is 267 cm³/mol. The van der Waals surface area contributed by atoms with Crippen LogP contribution in [0.2, 0.25) is 0 Å². The summed E-state index contributed by atoms with van der Waals surface area (Å²) in [6, 6.07) is 78.6. The van der Waals surface area contributed by atoms with Gasteiger partial charge in [-0.05, 0) is 95.1 Å². The minimum absolute atomic E-state index is 0.259. The van der Waals surface area contributed by atoms with E-state index in [4.69, 9.17) is 0 Å². The molecule has 3 heterocycles. The molecule has 12 rings (SSSR count). The Morgan fingerprint density at radius 2 is 0.540 bits per heavy atom. The minimum Gasteiger partial charge on any atom is -0.309 e. The van der Waals surface area contributed by atoms with Crippen molar-refractivity contribution in [1.82, 2.24) is 13.7 Å². The van der Waals surface area contributed by atoms with Crippen LogP contribution >= 0.6 is 0 Å². The molecule has 302 valence electrons. The molecule has 3 aromatic heterocycles. The molecule has 0 N–H and O–H groups in total. The standard InChI is InChI=1S/C60H47N3/c1-59(2,40-19-7-5-8-20-40)42-35-43(60(3,4)41-21-9-6-10-22-41)37-46(36-42)63-57-33-31-44(61-53-27-15-11-23-47(53)48-24-12-16-28-54(48)61)38-51(57)52-39-45(32-34-58(52)63)62-55-29-17-13-25-49(55)50-26-14-18-30-56(50)62/h5-39H,1-4H3. The van der Waals surface area contributed by atoms with Crippen LogP contribution in [0.25, 0.3) is 82.5 Å². The van der Waals surface area contributed by atoms with Crippen molar-refractivity contribution in [2.45, 2.75) is 38.5 Å². The molecule has 0 aliphatic rings. The summed E-state index contributed by atoms with van der Waals surface area (Å²) in [5, 5.41) is 7.46. The Labute approximate surface area is 367 Å². The van der Waals surface area contributed by atoms with E-state index < -0.39 is 0 Å². The molecule has 0 spiro atoms. The second-order valence-electron chi connectivity index (χ2n) is 18.2. The number of aromatic nitrogens is 3. The zero-order valence-corrected chi connectivity index (χ0v) is 36.0. The van der Waals surface area contributed by atoms with Crippen LogP contribution in [0.1, 0.15) is 49.9 Å². The van der Waals surface area contributed by atoms with Gasteiger partial charge in [0.05, 0.1) is 33.1 Å². The van der Waals surface area contributed by atoms with E-state index >= 15 is 0 Å². The van der Waals surface area contributed by atoms with E-state index in [9.17, 15) is 0 Å². The van der Waals surface area contributed by atoms with Crippen LogP contribution in [-0.2, 0) is 10.8 Å². The van der Waals surface area contributed by atoms with Crippen LogP contribution < -0.4 is 0 Å². The highest BCUT2D eigenvalue weighted by Crippen LogP contribution is 2.43. The fourth-order valence-electron chi connectivity index (χ4n) is 10.5. The number of para-hydroxylation sites is 4. The topological polar surface area (TPSA) is 14.8 Å². The molecule has 12 aromatic rings. The maximum atomic E-state index is 2.52. The average Bonchev–Trinajstić information content (AvgIpc) is 3.97. The van der Waals surface area contributed by atoms with Crippen molar-refractivity contribution in [3.8, 4) is 17.1 Å². The highest BCUT2D eigenvalue weighted by atomic mass is 15.0. The lowest BCUT2D eigenvalue weighted by atomic mass is 9.73. The summed E-state index contributed by atoms with van der Waals surface area (Å²) in [6.45, 7) is 9.45. The number of hydrogen-bond acceptors (Lipinski definition) is 0. The largest absolute Gasteiger partial charge is 0.309 e. The normalized spacial score (nSPS) is 12.4. The van der Waals surface area contributed by atoms with Gasteiger partial charge in [-0.3, -0.25) is 0 Å². The molecule has 0 aliphatic heterocycles. The van der Waals surface area contributed by atoms with Gasteiger partial charge in [-0.25, -0.2) is 0 Å². The first-order valence-corrected chi connectivity index (χ1v) is 22.1. The molecule has 0 atom stereocenters. The number of nitrogens with zero attached hydrogens (tertiary/aromatic N) is 3. The van der Waals surface area contributed by atoms with Gasteiger partial charge >= 0.3 is 0 Å². The van der Waals surface area contributed by atoms with Gasteiger partial charge < -0.3 is 13.7 Å². The second kappa shape index (κ2) is 14.0. The number of fused-ring (bicyclic) bond motifs is 9. The minimum atomic E-state index is -0.259. The Morgan fingerprint density at radius 3 is 0.905 bits per heavy atom. The maximum absolute atomic E-state index is 2.52. The van der Waals surface area contributed by atoms with Crippen molar-refractivity contribution < 1.29 is 0 Å². The van der Waals surface area contributed by atoms with Crippen LogP contribution in [0, 0.1) is 0 Å². The van der Waals surface area contributed by atoms with Gasteiger partial charge in [0.25, 0.3) is 0 Å². The maximum Gasteiger partial charge on any atom is 0.0542 e. The predicted octanol–water partition coefficient (Wildman–Crippen LogP) is 15.6. The number of rotatable bonds is 7. The highest BCUT2D eigenvalue weighted by Gasteiger charge is 2.30. The van der Waals surface area contributed by atoms with E-state index in [2.05, 4.69) is 254 Å². The second-order valence-corrected chi connectivity index (χ2v) is 18.2. The molecular weight excluding hydrogens is 763 g/mol. The molecule has 0 aliphatic carbocycles. The summed E-state index contributed by atoms with van der Waals surface area (Å²) in [4.78, 5) is 0. The summed E-state index contributed by atoms with van der Waals surface area (Å²) in [5.41, 5.74) is 15.2. The van der Waals surface area contributed by atoms with E-state index in [0.717, 1.165) is 17.1 Å². The third kappa shape index (κ3) is 5.66. The first-order chi connectivity index (χ1) is 30.8. The van der Waals surface area contributed by atoms with Gasteiger partial charge in [0.1, 0.15) is 0 Å². The van der Waals surface area contributed by atoms with Crippen molar-refractivity contribution in [3.05, 3.63) is 235 Å². The number of benzene rings is 9. The first-order valence-electron chi connectivity index (χ1n) is 22.1. The molecule has 0 saturated carbocycles. The molecule has 0 amide bonds. The molecule has 9 aromatic carbocycles. The molecule has 3 nitrogen and oxygen atoms in total. The van der Waals surface area contributed by atoms with E-state index in [0.29, 0.717) is 0 Å². The smallest absolute Gasteiger partial charge is 0.0542 e. The Bertz CT molecular complexity index is 3380.